The lowest BCUT2D eigenvalue weighted by Crippen LogP contribution is -2.13. The molecule has 4 aromatic rings. The van der Waals surface area contributed by atoms with Crippen molar-refractivity contribution in [2.45, 2.75) is 13.0 Å². The third-order valence-electron chi connectivity index (χ3n) is 4.77. The summed E-state index contributed by atoms with van der Waals surface area (Å²) < 4.78 is 0. The highest BCUT2D eigenvalue weighted by Crippen LogP contribution is 2.23. The van der Waals surface area contributed by atoms with Crippen molar-refractivity contribution in [2.75, 3.05) is 16.4 Å². The van der Waals surface area contributed by atoms with Gasteiger partial charge in [-0.15, -0.1) is 0 Å². The first-order valence-electron chi connectivity index (χ1n) is 9.84. The molecule has 2 aromatic carbocycles. The van der Waals surface area contributed by atoms with Gasteiger partial charge in [0.2, 0.25) is 0 Å². The zero-order valence-corrected chi connectivity index (χ0v) is 17.0. The summed E-state index contributed by atoms with van der Waals surface area (Å²) in [6.45, 7) is 2.03. The van der Waals surface area contributed by atoms with Crippen LogP contribution in [-0.2, 0) is 0 Å². The summed E-state index contributed by atoms with van der Waals surface area (Å²) in [5.41, 5.74) is 10.4. The number of carbonyl (C=O) groups excluding carboxylic acids is 1. The predicted molar refractivity (Wildman–Crippen MR) is 123 cm³/mol. The lowest BCUT2D eigenvalue weighted by atomic mass is 10.1. The molecular formula is C24H22N6O. The summed E-state index contributed by atoms with van der Waals surface area (Å²) in [6, 6.07) is 18.6. The van der Waals surface area contributed by atoms with Crippen LogP contribution >= 0.6 is 0 Å². The van der Waals surface area contributed by atoms with Crippen LogP contribution in [0, 0.1) is 0 Å². The van der Waals surface area contributed by atoms with Crippen LogP contribution in [0.3, 0.4) is 0 Å². The molecule has 1 unspecified atom stereocenters. The number of nitrogens with zero attached hydrogens (tertiary/aromatic N) is 3. The maximum absolute atomic E-state index is 12.4. The van der Waals surface area contributed by atoms with Gasteiger partial charge in [-0.1, -0.05) is 24.3 Å². The minimum absolute atomic E-state index is 0.0498. The number of carbonyl (C=O) groups is 1. The number of hydrogen-bond acceptors (Lipinski definition) is 6. The summed E-state index contributed by atoms with van der Waals surface area (Å²) in [7, 11) is 0. The van der Waals surface area contributed by atoms with E-state index in [0.717, 1.165) is 16.8 Å². The number of pyridine rings is 1. The Morgan fingerprint density at radius 2 is 1.81 bits per heavy atom. The van der Waals surface area contributed by atoms with E-state index in [1.54, 1.807) is 30.7 Å². The molecule has 0 spiro atoms. The van der Waals surface area contributed by atoms with Gasteiger partial charge >= 0.3 is 0 Å². The van der Waals surface area contributed by atoms with Crippen molar-refractivity contribution in [1.82, 2.24) is 15.0 Å². The number of rotatable bonds is 6. The highest BCUT2D eigenvalue weighted by atomic mass is 16.1. The number of nitrogen functional groups attached to an aromatic ring is 1. The summed E-state index contributed by atoms with van der Waals surface area (Å²) in [5.74, 6) is 0.458. The lowest BCUT2D eigenvalue weighted by Gasteiger charge is -2.16. The van der Waals surface area contributed by atoms with Crippen molar-refractivity contribution in [3.05, 3.63) is 96.6 Å². The summed E-state index contributed by atoms with van der Waals surface area (Å²) in [6.07, 6.45) is 6.58. The van der Waals surface area contributed by atoms with E-state index in [0.29, 0.717) is 22.8 Å². The molecule has 1 atom stereocenters. The highest BCUT2D eigenvalue weighted by molar-refractivity contribution is 6.04. The van der Waals surface area contributed by atoms with Gasteiger partial charge in [-0.05, 0) is 48.9 Å². The van der Waals surface area contributed by atoms with Crippen LogP contribution in [0.5, 0.6) is 0 Å². The Hall–Kier alpha value is -4.26. The maximum atomic E-state index is 12.4. The smallest absolute Gasteiger partial charge is 0.257 e. The van der Waals surface area contributed by atoms with Gasteiger partial charge in [0.25, 0.3) is 5.91 Å². The van der Waals surface area contributed by atoms with E-state index in [1.807, 2.05) is 55.5 Å². The van der Waals surface area contributed by atoms with Gasteiger partial charge in [-0.2, -0.15) is 0 Å². The van der Waals surface area contributed by atoms with Crippen LogP contribution in [0.1, 0.15) is 28.9 Å². The Balaban J connectivity index is 1.47. The molecule has 0 aliphatic heterocycles. The largest absolute Gasteiger partial charge is 0.399 e. The predicted octanol–water partition coefficient (Wildman–Crippen LogP) is 4.55. The molecule has 4 rings (SSSR count). The quantitative estimate of drug-likeness (QED) is 0.403. The Morgan fingerprint density at radius 1 is 0.968 bits per heavy atom. The van der Waals surface area contributed by atoms with Gasteiger partial charge in [0.1, 0.15) is 5.82 Å². The summed E-state index contributed by atoms with van der Waals surface area (Å²) >= 11 is 0. The van der Waals surface area contributed by atoms with Crippen molar-refractivity contribution in [3.8, 4) is 11.3 Å². The van der Waals surface area contributed by atoms with E-state index < -0.39 is 0 Å². The van der Waals surface area contributed by atoms with Gasteiger partial charge < -0.3 is 16.4 Å². The first-order valence-corrected chi connectivity index (χ1v) is 9.84. The van der Waals surface area contributed by atoms with E-state index in [9.17, 15) is 4.79 Å². The molecule has 0 saturated carbocycles. The Kier molecular flexibility index (Phi) is 5.84. The molecule has 31 heavy (non-hydrogen) atoms. The van der Waals surface area contributed by atoms with E-state index in [-0.39, 0.29) is 11.9 Å². The zero-order valence-electron chi connectivity index (χ0n) is 17.0. The molecule has 2 aromatic heterocycles. The number of nitrogens with one attached hydrogen (secondary N) is 2. The molecule has 0 fully saturated rings. The molecule has 0 aliphatic rings. The van der Waals surface area contributed by atoms with E-state index in [1.165, 1.54) is 6.20 Å². The second-order valence-electron chi connectivity index (χ2n) is 7.10. The third kappa shape index (κ3) is 5.02. The standard InChI is InChI=1S/C24H22N6O/c1-16(28-23-15-27-14-22(30-23)17-7-9-20(25)10-8-17)18-4-2-6-21(12-18)29-24(31)19-5-3-11-26-13-19/h2-16H,25H2,1H3,(H,28,30)(H,29,31). The molecule has 7 heteroatoms. The molecule has 7 nitrogen and oxygen atoms in total. The second kappa shape index (κ2) is 9.04. The van der Waals surface area contributed by atoms with Crippen molar-refractivity contribution in [1.29, 1.82) is 0 Å². The zero-order chi connectivity index (χ0) is 21.6. The second-order valence-corrected chi connectivity index (χ2v) is 7.10. The fraction of sp³-hybridized carbons (Fsp3) is 0.0833. The van der Waals surface area contributed by atoms with Gasteiger partial charge in [0.05, 0.1) is 29.7 Å². The number of benzene rings is 2. The number of nitrogens with two attached hydrogens (primary N) is 1. The van der Waals surface area contributed by atoms with Gasteiger partial charge in [0, 0.05) is 29.3 Å². The minimum atomic E-state index is -0.201. The third-order valence-corrected chi connectivity index (χ3v) is 4.77. The first kappa shape index (κ1) is 20.0. The molecule has 0 saturated heterocycles. The minimum Gasteiger partial charge on any atom is -0.399 e. The Bertz CT molecular complexity index is 1180. The summed E-state index contributed by atoms with van der Waals surface area (Å²) in [4.78, 5) is 25.3. The molecule has 4 N–H and O–H groups in total. The topological polar surface area (TPSA) is 106 Å². The molecule has 0 radical (unpaired) electrons. The lowest BCUT2D eigenvalue weighted by molar-refractivity contribution is 0.102. The molecule has 0 aliphatic carbocycles. The van der Waals surface area contributed by atoms with Gasteiger partial charge in [-0.3, -0.25) is 14.8 Å². The molecule has 1 amide bonds. The van der Waals surface area contributed by atoms with E-state index in [2.05, 4.69) is 25.6 Å². The van der Waals surface area contributed by atoms with Crippen molar-refractivity contribution < 1.29 is 4.79 Å². The Labute approximate surface area is 180 Å². The van der Waals surface area contributed by atoms with Gasteiger partial charge in [-0.25, -0.2) is 4.98 Å². The normalized spacial score (nSPS) is 11.5. The van der Waals surface area contributed by atoms with Crippen LogP contribution in [0.15, 0.2) is 85.5 Å². The monoisotopic (exact) mass is 410 g/mol. The molecule has 0 bridgehead atoms. The fourth-order valence-corrected chi connectivity index (χ4v) is 3.12. The Morgan fingerprint density at radius 3 is 2.58 bits per heavy atom. The molecule has 2 heterocycles. The van der Waals surface area contributed by atoms with Crippen LogP contribution in [0.2, 0.25) is 0 Å². The van der Waals surface area contributed by atoms with Crippen LogP contribution in [-0.4, -0.2) is 20.9 Å². The van der Waals surface area contributed by atoms with Crippen molar-refractivity contribution in [2.24, 2.45) is 0 Å². The summed E-state index contributed by atoms with van der Waals surface area (Å²) in [5, 5.41) is 6.28. The van der Waals surface area contributed by atoms with Gasteiger partial charge in [0.15, 0.2) is 0 Å². The molecule has 154 valence electrons. The number of hydrogen-bond donors (Lipinski definition) is 3. The first-order chi connectivity index (χ1) is 15.1. The average Bonchev–Trinajstić information content (AvgIpc) is 2.80. The number of anilines is 3. The van der Waals surface area contributed by atoms with Crippen LogP contribution in [0.4, 0.5) is 17.2 Å². The number of amides is 1. The van der Waals surface area contributed by atoms with E-state index in [4.69, 9.17) is 5.73 Å². The van der Waals surface area contributed by atoms with Crippen LogP contribution < -0.4 is 16.4 Å². The average molecular weight is 410 g/mol. The maximum Gasteiger partial charge on any atom is 0.257 e. The molecular weight excluding hydrogens is 388 g/mol. The van der Waals surface area contributed by atoms with E-state index >= 15 is 0 Å². The SMILES string of the molecule is CC(Nc1cncc(-c2ccc(N)cc2)n1)c1cccc(NC(=O)c2cccnc2)c1. The van der Waals surface area contributed by atoms with Crippen LogP contribution in [0.25, 0.3) is 11.3 Å². The fourth-order valence-electron chi connectivity index (χ4n) is 3.12. The van der Waals surface area contributed by atoms with Crippen molar-refractivity contribution >= 4 is 23.1 Å². The number of aromatic nitrogens is 3. The highest BCUT2D eigenvalue weighted by Gasteiger charge is 2.11. The van der Waals surface area contributed by atoms with Crippen molar-refractivity contribution in [3.63, 3.8) is 0 Å².